The number of hydrogen-bond acceptors (Lipinski definition) is 4. The van der Waals surface area contributed by atoms with Crippen LogP contribution in [0.3, 0.4) is 0 Å². The lowest BCUT2D eigenvalue weighted by Gasteiger charge is -2.08. The molecule has 1 rings (SSSR count). The summed E-state index contributed by atoms with van der Waals surface area (Å²) in [7, 11) is 0. The SMILES string of the molecule is CSC(C)CCNCc1ccc(C(=O)O)cn1. The molecule has 1 aromatic heterocycles. The van der Waals surface area contributed by atoms with Crippen molar-refractivity contribution in [2.24, 2.45) is 0 Å². The van der Waals surface area contributed by atoms with Crippen molar-refractivity contribution in [2.45, 2.75) is 25.1 Å². The Morgan fingerprint density at radius 1 is 1.59 bits per heavy atom. The van der Waals surface area contributed by atoms with Gasteiger partial charge in [0.1, 0.15) is 0 Å². The fraction of sp³-hybridized carbons (Fsp3) is 0.500. The largest absolute Gasteiger partial charge is 0.478 e. The van der Waals surface area contributed by atoms with Gasteiger partial charge < -0.3 is 10.4 Å². The lowest BCUT2D eigenvalue weighted by molar-refractivity contribution is 0.0696. The van der Waals surface area contributed by atoms with Crippen molar-refractivity contribution >= 4 is 17.7 Å². The molecule has 0 aliphatic carbocycles. The first-order valence-electron chi connectivity index (χ1n) is 5.55. The van der Waals surface area contributed by atoms with E-state index in [1.54, 1.807) is 12.1 Å². The fourth-order valence-corrected chi connectivity index (χ4v) is 1.65. The maximum Gasteiger partial charge on any atom is 0.337 e. The van der Waals surface area contributed by atoms with Gasteiger partial charge in [-0.05, 0) is 31.4 Å². The molecule has 0 fully saturated rings. The number of pyridine rings is 1. The monoisotopic (exact) mass is 254 g/mol. The molecule has 0 radical (unpaired) electrons. The van der Waals surface area contributed by atoms with Gasteiger partial charge in [0.2, 0.25) is 0 Å². The van der Waals surface area contributed by atoms with Crippen LogP contribution in [0.15, 0.2) is 18.3 Å². The molecular formula is C12H18N2O2S. The van der Waals surface area contributed by atoms with Crippen molar-refractivity contribution in [1.82, 2.24) is 10.3 Å². The van der Waals surface area contributed by atoms with Crippen LogP contribution in [0.2, 0.25) is 0 Å². The van der Waals surface area contributed by atoms with Crippen molar-refractivity contribution in [3.63, 3.8) is 0 Å². The Kier molecular flexibility index (Phi) is 6.00. The number of rotatable bonds is 7. The maximum atomic E-state index is 10.6. The molecule has 0 bridgehead atoms. The third-order valence-corrected chi connectivity index (χ3v) is 3.55. The minimum atomic E-state index is -0.939. The Balaban J connectivity index is 2.30. The van der Waals surface area contributed by atoms with Crippen LogP contribution < -0.4 is 5.32 Å². The second-order valence-corrected chi connectivity index (χ2v) is 5.13. The van der Waals surface area contributed by atoms with Crippen LogP contribution in [0.5, 0.6) is 0 Å². The predicted molar refractivity (Wildman–Crippen MR) is 70.5 cm³/mol. The molecule has 2 N–H and O–H groups in total. The van der Waals surface area contributed by atoms with E-state index >= 15 is 0 Å². The summed E-state index contributed by atoms with van der Waals surface area (Å²) in [5, 5.41) is 12.7. The summed E-state index contributed by atoms with van der Waals surface area (Å²) in [6.45, 7) is 3.83. The van der Waals surface area contributed by atoms with Crippen LogP contribution in [0.25, 0.3) is 0 Å². The molecule has 0 saturated heterocycles. The first-order valence-corrected chi connectivity index (χ1v) is 6.84. The van der Waals surface area contributed by atoms with E-state index in [2.05, 4.69) is 23.5 Å². The standard InChI is InChI=1S/C12H18N2O2S/c1-9(17-2)5-6-13-8-11-4-3-10(7-14-11)12(15)16/h3-4,7,9,13H,5-6,8H2,1-2H3,(H,15,16). The Labute approximate surface area is 106 Å². The van der Waals surface area contributed by atoms with Gasteiger partial charge in [-0.2, -0.15) is 11.8 Å². The van der Waals surface area contributed by atoms with Crippen LogP contribution in [-0.4, -0.2) is 34.1 Å². The van der Waals surface area contributed by atoms with Crippen molar-refractivity contribution in [1.29, 1.82) is 0 Å². The summed E-state index contributed by atoms with van der Waals surface area (Å²) in [6.07, 6.45) is 4.62. The number of aromatic carboxylic acids is 1. The van der Waals surface area contributed by atoms with Crippen molar-refractivity contribution in [3.05, 3.63) is 29.6 Å². The molecule has 5 heteroatoms. The molecule has 0 saturated carbocycles. The van der Waals surface area contributed by atoms with E-state index in [0.717, 1.165) is 18.7 Å². The molecule has 0 aliphatic heterocycles. The van der Waals surface area contributed by atoms with Crippen LogP contribution >= 0.6 is 11.8 Å². The van der Waals surface area contributed by atoms with E-state index in [9.17, 15) is 4.79 Å². The number of carboxylic acid groups (broad SMARTS) is 1. The Bertz CT molecular complexity index is 354. The number of carboxylic acids is 1. The average Bonchev–Trinajstić information content (AvgIpc) is 2.34. The van der Waals surface area contributed by atoms with Gasteiger partial charge >= 0.3 is 5.97 Å². The minimum Gasteiger partial charge on any atom is -0.478 e. The molecule has 4 nitrogen and oxygen atoms in total. The van der Waals surface area contributed by atoms with Gasteiger partial charge in [0.05, 0.1) is 11.3 Å². The Morgan fingerprint density at radius 3 is 2.88 bits per heavy atom. The van der Waals surface area contributed by atoms with Gasteiger partial charge in [-0.15, -0.1) is 0 Å². The number of carbonyl (C=O) groups is 1. The molecule has 94 valence electrons. The summed E-state index contributed by atoms with van der Waals surface area (Å²) >= 11 is 1.86. The van der Waals surface area contributed by atoms with E-state index in [4.69, 9.17) is 5.11 Å². The number of aromatic nitrogens is 1. The van der Waals surface area contributed by atoms with E-state index in [0.29, 0.717) is 11.8 Å². The maximum absolute atomic E-state index is 10.6. The molecule has 0 spiro atoms. The van der Waals surface area contributed by atoms with Gasteiger partial charge in [0.15, 0.2) is 0 Å². The van der Waals surface area contributed by atoms with Gasteiger partial charge in [-0.3, -0.25) is 4.98 Å². The predicted octanol–water partition coefficient (Wildman–Crippen LogP) is 2.01. The smallest absolute Gasteiger partial charge is 0.337 e. The second-order valence-electron chi connectivity index (χ2n) is 3.86. The van der Waals surface area contributed by atoms with Crippen LogP contribution in [0, 0.1) is 0 Å². The van der Waals surface area contributed by atoms with E-state index in [-0.39, 0.29) is 5.56 Å². The molecule has 1 atom stereocenters. The third-order valence-electron chi connectivity index (χ3n) is 2.51. The lowest BCUT2D eigenvalue weighted by atomic mass is 10.2. The van der Waals surface area contributed by atoms with Gasteiger partial charge in [0.25, 0.3) is 0 Å². The summed E-state index contributed by atoms with van der Waals surface area (Å²) in [5.74, 6) is -0.939. The molecule has 1 heterocycles. The lowest BCUT2D eigenvalue weighted by Crippen LogP contribution is -2.18. The highest BCUT2D eigenvalue weighted by atomic mass is 32.2. The number of hydrogen-bond donors (Lipinski definition) is 2. The third kappa shape index (κ3) is 5.19. The molecular weight excluding hydrogens is 236 g/mol. The zero-order valence-corrected chi connectivity index (χ0v) is 11.0. The fourth-order valence-electron chi connectivity index (χ4n) is 1.30. The van der Waals surface area contributed by atoms with Crippen molar-refractivity contribution < 1.29 is 9.90 Å². The molecule has 0 amide bonds. The van der Waals surface area contributed by atoms with Crippen molar-refractivity contribution in [3.8, 4) is 0 Å². The average molecular weight is 254 g/mol. The summed E-state index contributed by atoms with van der Waals surface area (Å²) < 4.78 is 0. The highest BCUT2D eigenvalue weighted by Crippen LogP contribution is 2.08. The summed E-state index contributed by atoms with van der Waals surface area (Å²) in [6, 6.07) is 3.32. The number of nitrogens with one attached hydrogen (secondary N) is 1. The first kappa shape index (κ1) is 14.0. The highest BCUT2D eigenvalue weighted by molar-refractivity contribution is 7.99. The van der Waals surface area contributed by atoms with Crippen LogP contribution in [-0.2, 0) is 6.54 Å². The van der Waals surface area contributed by atoms with E-state index < -0.39 is 5.97 Å². The summed E-state index contributed by atoms with van der Waals surface area (Å²) in [4.78, 5) is 14.7. The molecule has 17 heavy (non-hydrogen) atoms. The molecule has 1 aromatic rings. The topological polar surface area (TPSA) is 62.2 Å². The zero-order chi connectivity index (χ0) is 12.7. The minimum absolute atomic E-state index is 0.227. The van der Waals surface area contributed by atoms with Gasteiger partial charge in [0, 0.05) is 18.0 Å². The second kappa shape index (κ2) is 7.29. The van der Waals surface area contributed by atoms with E-state index in [1.807, 2.05) is 11.8 Å². The quantitative estimate of drug-likeness (QED) is 0.729. The number of thioether (sulfide) groups is 1. The Morgan fingerprint density at radius 2 is 2.35 bits per heavy atom. The van der Waals surface area contributed by atoms with Crippen LogP contribution in [0.4, 0.5) is 0 Å². The Hall–Kier alpha value is -1.07. The normalized spacial score (nSPS) is 12.4. The highest BCUT2D eigenvalue weighted by Gasteiger charge is 2.03. The van der Waals surface area contributed by atoms with E-state index in [1.165, 1.54) is 6.20 Å². The van der Waals surface area contributed by atoms with Gasteiger partial charge in [-0.25, -0.2) is 4.79 Å². The summed E-state index contributed by atoms with van der Waals surface area (Å²) in [5.41, 5.74) is 1.09. The molecule has 0 aliphatic rings. The first-order chi connectivity index (χ1) is 8.13. The molecule has 1 unspecified atom stereocenters. The molecule has 0 aromatic carbocycles. The number of nitrogens with zero attached hydrogens (tertiary/aromatic N) is 1. The van der Waals surface area contributed by atoms with Crippen LogP contribution in [0.1, 0.15) is 29.4 Å². The van der Waals surface area contributed by atoms with Gasteiger partial charge in [-0.1, -0.05) is 6.92 Å². The zero-order valence-electron chi connectivity index (χ0n) is 10.1. The van der Waals surface area contributed by atoms with Crippen molar-refractivity contribution in [2.75, 3.05) is 12.8 Å².